The van der Waals surface area contributed by atoms with E-state index in [1.54, 1.807) is 13.4 Å². The molecule has 1 aromatic heterocycles. The third kappa shape index (κ3) is 6.12. The van der Waals surface area contributed by atoms with Gasteiger partial charge in [0.25, 0.3) is 0 Å². The minimum absolute atomic E-state index is 0. The summed E-state index contributed by atoms with van der Waals surface area (Å²) in [5, 5.41) is 3.22. The fourth-order valence-electron chi connectivity index (χ4n) is 2.36. The quantitative estimate of drug-likeness (QED) is 0.511. The van der Waals surface area contributed by atoms with E-state index < -0.39 is 0 Å². The highest BCUT2D eigenvalue weighted by molar-refractivity contribution is 7.93. The van der Waals surface area contributed by atoms with Crippen LogP contribution in [0.2, 0.25) is 0 Å². The fourth-order valence-corrected chi connectivity index (χ4v) is 2.81. The lowest BCUT2D eigenvalue weighted by molar-refractivity contribution is 0.147. The number of nitrogens with zero attached hydrogens (tertiary/aromatic N) is 1. The topological polar surface area (TPSA) is 79.4 Å². The summed E-state index contributed by atoms with van der Waals surface area (Å²) in [5.74, 6) is 1.49. The Balaban J connectivity index is 0.000000284. The first-order valence-corrected chi connectivity index (χ1v) is 9.11. The van der Waals surface area contributed by atoms with Crippen LogP contribution < -0.4 is 5.32 Å². The predicted octanol–water partition coefficient (Wildman–Crippen LogP) is 3.82. The van der Waals surface area contributed by atoms with Crippen LogP contribution in [-0.2, 0) is 9.47 Å². The van der Waals surface area contributed by atoms with E-state index in [1.807, 2.05) is 37.3 Å². The van der Waals surface area contributed by atoms with Crippen LogP contribution in [0, 0.1) is 0 Å². The number of para-hydroxylation sites is 2. The molecule has 3 N–H and O–H groups in total. The van der Waals surface area contributed by atoms with Gasteiger partial charge in [-0.05, 0) is 37.2 Å². The van der Waals surface area contributed by atoms with Gasteiger partial charge in [0.1, 0.15) is 5.76 Å². The lowest BCUT2D eigenvalue weighted by atomic mass is 10.1. The van der Waals surface area contributed by atoms with Crippen molar-refractivity contribution in [2.75, 3.05) is 32.6 Å². The molecule has 1 aromatic carbocycles. The number of hydrogen-bond donors (Lipinski definition) is 3. The van der Waals surface area contributed by atoms with E-state index in [4.69, 9.17) is 14.0 Å². The number of dihydropyridines is 1. The Bertz CT molecular complexity index is 688. The first kappa shape index (κ1) is 19.4. The molecule has 1 aliphatic heterocycles. The first-order chi connectivity index (χ1) is 12.3. The van der Waals surface area contributed by atoms with E-state index in [9.17, 15) is 0 Å². The molecule has 3 rings (SSSR count). The summed E-state index contributed by atoms with van der Waals surface area (Å²) >= 11 is 0.823. The zero-order valence-corrected chi connectivity index (χ0v) is 15.4. The van der Waals surface area contributed by atoms with E-state index in [0.717, 1.165) is 53.1 Å². The molecule has 0 amide bonds. The zero-order valence-electron chi connectivity index (χ0n) is 14.6. The van der Waals surface area contributed by atoms with Crippen molar-refractivity contribution in [3.05, 3.63) is 53.7 Å². The minimum atomic E-state index is 0. The Kier molecular flexibility index (Phi) is 8.38. The lowest BCUT2D eigenvalue weighted by Gasteiger charge is -2.20. The predicted molar refractivity (Wildman–Crippen MR) is 105 cm³/mol. The van der Waals surface area contributed by atoms with Crippen molar-refractivity contribution in [1.29, 1.82) is 0 Å². The Morgan fingerprint density at radius 3 is 2.92 bits per heavy atom. The first-order valence-electron chi connectivity index (χ1n) is 8.16. The fraction of sp³-hybridized carbons (Fsp3) is 0.389. The standard InChI is InChI=1S/C11H19NO3S.C7H6N2.H2/c1-9-10(8-16-13)12-5-4-11(9)15-7-3-6-14-2;1-2-4-7-6(3-1)8-5-9-7;/h4,12-13H,3,5-8H2,1-2H3;1-5H,(H,8,9);1H. The molecule has 1 aliphatic rings. The van der Waals surface area contributed by atoms with Crippen LogP contribution in [0.4, 0.5) is 0 Å². The van der Waals surface area contributed by atoms with Crippen molar-refractivity contribution in [3.63, 3.8) is 0 Å². The number of nitrogens with one attached hydrogen (secondary N) is 2. The summed E-state index contributed by atoms with van der Waals surface area (Å²) in [4.78, 5) is 7.07. The van der Waals surface area contributed by atoms with Crippen LogP contribution in [0.3, 0.4) is 0 Å². The molecule has 2 aromatic rings. The number of aromatic nitrogens is 2. The molecule has 6 nitrogen and oxygen atoms in total. The van der Waals surface area contributed by atoms with Crippen molar-refractivity contribution in [2.24, 2.45) is 0 Å². The summed E-state index contributed by atoms with van der Waals surface area (Å²) in [6, 6.07) is 7.94. The van der Waals surface area contributed by atoms with Crippen LogP contribution in [-0.4, -0.2) is 47.1 Å². The van der Waals surface area contributed by atoms with Crippen LogP contribution in [0.25, 0.3) is 11.0 Å². The molecule has 0 spiro atoms. The van der Waals surface area contributed by atoms with Gasteiger partial charge in [0, 0.05) is 39.4 Å². The maximum Gasteiger partial charge on any atom is 0.121 e. The molecule has 138 valence electrons. The third-order valence-corrected chi connectivity index (χ3v) is 4.13. The van der Waals surface area contributed by atoms with E-state index in [-0.39, 0.29) is 1.43 Å². The number of hydrogen-bond acceptors (Lipinski definition) is 6. The van der Waals surface area contributed by atoms with Gasteiger partial charge in [-0.2, -0.15) is 0 Å². The molecule has 0 radical (unpaired) electrons. The number of H-pyrrole nitrogens is 1. The highest BCUT2D eigenvalue weighted by Gasteiger charge is 2.12. The summed E-state index contributed by atoms with van der Waals surface area (Å²) in [7, 11) is 1.69. The van der Waals surface area contributed by atoms with Gasteiger partial charge >= 0.3 is 0 Å². The third-order valence-electron chi connectivity index (χ3n) is 3.71. The molecule has 0 aliphatic carbocycles. The van der Waals surface area contributed by atoms with Crippen molar-refractivity contribution >= 4 is 23.1 Å². The molecule has 0 bridgehead atoms. The van der Waals surface area contributed by atoms with Crippen LogP contribution >= 0.6 is 12.0 Å². The second-order valence-corrected chi connectivity index (χ2v) is 5.99. The molecule has 2 heterocycles. The molecule has 0 saturated heterocycles. The molecular formula is C18H27N3O3S. The van der Waals surface area contributed by atoms with Gasteiger partial charge < -0.3 is 24.3 Å². The number of rotatable bonds is 7. The highest BCUT2D eigenvalue weighted by atomic mass is 32.2. The normalized spacial score (nSPS) is 13.8. The molecule has 0 saturated carbocycles. The average molecular weight is 365 g/mol. The number of methoxy groups -OCH3 is 1. The minimum Gasteiger partial charge on any atom is -0.493 e. The molecule has 0 atom stereocenters. The smallest absolute Gasteiger partial charge is 0.121 e. The summed E-state index contributed by atoms with van der Waals surface area (Å²) < 4.78 is 19.5. The summed E-state index contributed by atoms with van der Waals surface area (Å²) in [6.07, 6.45) is 4.61. The van der Waals surface area contributed by atoms with Crippen molar-refractivity contribution in [2.45, 2.75) is 13.3 Å². The zero-order chi connectivity index (χ0) is 17.9. The van der Waals surface area contributed by atoms with Gasteiger partial charge in [-0.3, -0.25) is 0 Å². The van der Waals surface area contributed by atoms with Gasteiger partial charge in [-0.15, -0.1) is 0 Å². The van der Waals surface area contributed by atoms with Crippen molar-refractivity contribution < 1.29 is 15.5 Å². The van der Waals surface area contributed by atoms with Gasteiger partial charge in [-0.25, -0.2) is 4.98 Å². The largest absolute Gasteiger partial charge is 0.493 e. The van der Waals surface area contributed by atoms with Gasteiger partial charge in [0.15, 0.2) is 0 Å². The number of imidazole rings is 1. The van der Waals surface area contributed by atoms with E-state index in [1.165, 1.54) is 0 Å². The van der Waals surface area contributed by atoms with Crippen LogP contribution in [0.5, 0.6) is 0 Å². The average Bonchev–Trinajstić information content (AvgIpc) is 3.11. The maximum atomic E-state index is 8.83. The van der Waals surface area contributed by atoms with Gasteiger partial charge in [-0.1, -0.05) is 12.1 Å². The highest BCUT2D eigenvalue weighted by Crippen LogP contribution is 2.20. The van der Waals surface area contributed by atoms with E-state index in [2.05, 4.69) is 15.3 Å². The number of benzene rings is 1. The summed E-state index contributed by atoms with van der Waals surface area (Å²) in [5.41, 5.74) is 4.23. The van der Waals surface area contributed by atoms with Gasteiger partial charge in [0.2, 0.25) is 0 Å². The van der Waals surface area contributed by atoms with Crippen LogP contribution in [0.1, 0.15) is 14.8 Å². The number of aromatic amines is 1. The maximum absolute atomic E-state index is 8.83. The number of ether oxygens (including phenoxy) is 2. The SMILES string of the molecule is COCCCOC1=CCNC(CSO)=C1C.[HH].c1ccc2[nH]cnc2c1. The van der Waals surface area contributed by atoms with Gasteiger partial charge in [0.05, 0.1) is 29.7 Å². The molecular weight excluding hydrogens is 338 g/mol. The Morgan fingerprint density at radius 1 is 1.32 bits per heavy atom. The van der Waals surface area contributed by atoms with Crippen molar-refractivity contribution in [3.8, 4) is 0 Å². The Morgan fingerprint density at radius 2 is 2.16 bits per heavy atom. The summed E-state index contributed by atoms with van der Waals surface area (Å²) in [6.45, 7) is 4.14. The molecule has 0 unspecified atom stereocenters. The Labute approximate surface area is 154 Å². The second-order valence-electron chi connectivity index (χ2n) is 5.44. The lowest BCUT2D eigenvalue weighted by Crippen LogP contribution is -2.22. The second kappa shape index (κ2) is 10.8. The molecule has 25 heavy (non-hydrogen) atoms. The Hall–Kier alpha value is -1.96. The molecule has 0 fully saturated rings. The number of fused-ring (bicyclic) bond motifs is 1. The van der Waals surface area contributed by atoms with E-state index in [0.29, 0.717) is 19.0 Å². The molecule has 7 heteroatoms. The number of allylic oxidation sites excluding steroid dienone is 1. The van der Waals surface area contributed by atoms with Crippen molar-refractivity contribution in [1.82, 2.24) is 15.3 Å². The van der Waals surface area contributed by atoms with E-state index >= 15 is 0 Å². The van der Waals surface area contributed by atoms with Crippen LogP contribution in [0.15, 0.2) is 53.7 Å². The monoisotopic (exact) mass is 365 g/mol.